The molecule has 0 aliphatic heterocycles. The van der Waals surface area contributed by atoms with Crippen molar-refractivity contribution in [2.75, 3.05) is 19.1 Å². The maximum absolute atomic E-state index is 11.3. The van der Waals surface area contributed by atoms with Crippen LogP contribution in [0.3, 0.4) is 0 Å². The molecule has 110 valence electrons. The summed E-state index contributed by atoms with van der Waals surface area (Å²) in [5.41, 5.74) is 8.03. The predicted molar refractivity (Wildman–Crippen MR) is 82.2 cm³/mol. The predicted octanol–water partition coefficient (Wildman–Crippen LogP) is 3.44. The van der Waals surface area contributed by atoms with Crippen molar-refractivity contribution in [3.05, 3.63) is 48.5 Å². The summed E-state index contributed by atoms with van der Waals surface area (Å²) in [6, 6.07) is 15.7. The monoisotopic (exact) mass is 286 g/mol. The normalized spacial score (nSPS) is 9.81. The molecule has 0 heterocycles. The van der Waals surface area contributed by atoms with Crippen LogP contribution in [0.15, 0.2) is 48.5 Å². The van der Waals surface area contributed by atoms with Gasteiger partial charge in [0.15, 0.2) is 0 Å². The Morgan fingerprint density at radius 1 is 1.10 bits per heavy atom. The average Bonchev–Trinajstić information content (AvgIpc) is 2.54. The number of hydrogen-bond acceptors (Lipinski definition) is 4. The molecule has 0 spiro atoms. The van der Waals surface area contributed by atoms with Crippen molar-refractivity contribution in [1.82, 2.24) is 5.43 Å². The van der Waals surface area contributed by atoms with Crippen LogP contribution in [-0.4, -0.2) is 19.8 Å². The Morgan fingerprint density at radius 2 is 1.86 bits per heavy atom. The fraction of sp³-hybridized carbons (Fsp3) is 0.188. The topological polar surface area (TPSA) is 59.6 Å². The fourth-order valence-electron chi connectivity index (χ4n) is 1.90. The van der Waals surface area contributed by atoms with E-state index in [1.54, 1.807) is 14.0 Å². The van der Waals surface area contributed by atoms with Crippen LogP contribution in [-0.2, 0) is 4.74 Å². The number of benzene rings is 2. The van der Waals surface area contributed by atoms with Crippen molar-refractivity contribution in [1.29, 1.82) is 0 Å². The molecule has 5 nitrogen and oxygen atoms in total. The number of carbonyl (C=O) groups is 1. The van der Waals surface area contributed by atoms with E-state index in [9.17, 15) is 4.79 Å². The SMILES string of the molecule is CCOC(=O)NNc1cc(-c2ccccc2)ccc1OC. The Morgan fingerprint density at radius 3 is 2.52 bits per heavy atom. The molecule has 0 atom stereocenters. The summed E-state index contributed by atoms with van der Waals surface area (Å²) in [6.07, 6.45) is -0.537. The molecule has 0 aliphatic rings. The van der Waals surface area contributed by atoms with Crippen LogP contribution in [0.25, 0.3) is 11.1 Å². The highest BCUT2D eigenvalue weighted by atomic mass is 16.5. The van der Waals surface area contributed by atoms with Crippen LogP contribution in [0.5, 0.6) is 5.75 Å². The van der Waals surface area contributed by atoms with E-state index in [-0.39, 0.29) is 0 Å². The van der Waals surface area contributed by atoms with Gasteiger partial charge in [-0.15, -0.1) is 0 Å². The van der Waals surface area contributed by atoms with Gasteiger partial charge in [0.25, 0.3) is 0 Å². The lowest BCUT2D eigenvalue weighted by atomic mass is 10.1. The zero-order chi connectivity index (χ0) is 15.1. The van der Waals surface area contributed by atoms with E-state index in [1.165, 1.54) is 0 Å². The number of ether oxygens (including phenoxy) is 2. The summed E-state index contributed by atoms with van der Waals surface area (Å²) in [5, 5.41) is 0. The number of amides is 1. The van der Waals surface area contributed by atoms with E-state index in [0.29, 0.717) is 18.0 Å². The summed E-state index contributed by atoms with van der Waals surface area (Å²) in [5.74, 6) is 0.631. The van der Waals surface area contributed by atoms with Crippen molar-refractivity contribution in [3.8, 4) is 16.9 Å². The first-order valence-corrected chi connectivity index (χ1v) is 6.67. The minimum Gasteiger partial charge on any atom is -0.495 e. The van der Waals surface area contributed by atoms with E-state index in [1.807, 2.05) is 48.5 Å². The highest BCUT2D eigenvalue weighted by molar-refractivity contribution is 5.74. The van der Waals surface area contributed by atoms with Crippen LogP contribution in [0.1, 0.15) is 6.92 Å². The Hall–Kier alpha value is -2.69. The zero-order valence-corrected chi connectivity index (χ0v) is 12.1. The molecule has 2 aromatic rings. The van der Waals surface area contributed by atoms with Gasteiger partial charge in [0, 0.05) is 0 Å². The molecule has 0 unspecified atom stereocenters. The number of nitrogens with one attached hydrogen (secondary N) is 2. The molecule has 0 saturated carbocycles. The molecule has 2 rings (SSSR count). The van der Waals surface area contributed by atoms with Crippen molar-refractivity contribution in [2.24, 2.45) is 0 Å². The third-order valence-electron chi connectivity index (χ3n) is 2.88. The van der Waals surface area contributed by atoms with Gasteiger partial charge in [-0.05, 0) is 30.2 Å². The molecule has 2 N–H and O–H groups in total. The van der Waals surface area contributed by atoms with Gasteiger partial charge in [0.05, 0.1) is 19.4 Å². The maximum Gasteiger partial charge on any atom is 0.425 e. The molecule has 0 aromatic heterocycles. The van der Waals surface area contributed by atoms with Crippen molar-refractivity contribution < 1.29 is 14.3 Å². The lowest BCUT2D eigenvalue weighted by Crippen LogP contribution is -2.30. The summed E-state index contributed by atoms with van der Waals surface area (Å²) in [6.45, 7) is 2.06. The number of hydrogen-bond donors (Lipinski definition) is 2. The maximum atomic E-state index is 11.3. The number of rotatable bonds is 5. The van der Waals surface area contributed by atoms with Crippen LogP contribution < -0.4 is 15.6 Å². The molecular weight excluding hydrogens is 268 g/mol. The van der Waals surface area contributed by atoms with Crippen molar-refractivity contribution in [3.63, 3.8) is 0 Å². The van der Waals surface area contributed by atoms with Crippen molar-refractivity contribution in [2.45, 2.75) is 6.92 Å². The highest BCUT2D eigenvalue weighted by Crippen LogP contribution is 2.30. The molecule has 0 aliphatic carbocycles. The minimum atomic E-state index is -0.537. The second-order valence-electron chi connectivity index (χ2n) is 4.25. The molecule has 0 radical (unpaired) electrons. The summed E-state index contributed by atoms with van der Waals surface area (Å²) in [7, 11) is 1.58. The third-order valence-corrected chi connectivity index (χ3v) is 2.88. The lowest BCUT2D eigenvalue weighted by Gasteiger charge is -2.13. The number of methoxy groups -OCH3 is 1. The van der Waals surface area contributed by atoms with Gasteiger partial charge in [-0.3, -0.25) is 5.43 Å². The number of carbonyl (C=O) groups excluding carboxylic acids is 1. The summed E-state index contributed by atoms with van der Waals surface area (Å²) >= 11 is 0. The minimum absolute atomic E-state index is 0.314. The first-order valence-electron chi connectivity index (χ1n) is 6.67. The Labute approximate surface area is 123 Å². The van der Waals surface area contributed by atoms with E-state index in [2.05, 4.69) is 10.9 Å². The van der Waals surface area contributed by atoms with Gasteiger partial charge in [0.1, 0.15) is 5.75 Å². The standard InChI is InChI=1S/C16H18N2O3/c1-3-21-16(19)18-17-14-11-13(9-10-15(14)20-2)12-7-5-4-6-8-12/h4-11,17H,3H2,1-2H3,(H,18,19). The van der Waals surface area contributed by atoms with Crippen LogP contribution >= 0.6 is 0 Å². The highest BCUT2D eigenvalue weighted by Gasteiger charge is 2.07. The van der Waals surface area contributed by atoms with Gasteiger partial charge in [-0.1, -0.05) is 36.4 Å². The van der Waals surface area contributed by atoms with Crippen LogP contribution in [0.2, 0.25) is 0 Å². The molecule has 1 amide bonds. The Kier molecular flexibility index (Phi) is 5.04. The smallest absolute Gasteiger partial charge is 0.425 e. The van der Waals surface area contributed by atoms with E-state index < -0.39 is 6.09 Å². The average molecular weight is 286 g/mol. The number of anilines is 1. The van der Waals surface area contributed by atoms with Crippen molar-refractivity contribution >= 4 is 11.8 Å². The largest absolute Gasteiger partial charge is 0.495 e. The van der Waals surface area contributed by atoms with Gasteiger partial charge in [0.2, 0.25) is 0 Å². The number of hydrazine groups is 1. The molecule has 0 fully saturated rings. The second-order valence-corrected chi connectivity index (χ2v) is 4.25. The summed E-state index contributed by atoms with van der Waals surface area (Å²) in [4.78, 5) is 11.3. The molecule has 0 saturated heterocycles. The first-order chi connectivity index (χ1) is 10.2. The summed E-state index contributed by atoms with van der Waals surface area (Å²) < 4.78 is 10.1. The molecular formula is C16H18N2O3. The fourth-order valence-corrected chi connectivity index (χ4v) is 1.90. The zero-order valence-electron chi connectivity index (χ0n) is 12.1. The van der Waals surface area contributed by atoms with Gasteiger partial charge >= 0.3 is 6.09 Å². The third kappa shape index (κ3) is 3.89. The van der Waals surface area contributed by atoms with Gasteiger partial charge < -0.3 is 9.47 Å². The van der Waals surface area contributed by atoms with E-state index in [0.717, 1.165) is 11.1 Å². The molecule has 5 heteroatoms. The lowest BCUT2D eigenvalue weighted by molar-refractivity contribution is 0.154. The van der Waals surface area contributed by atoms with Gasteiger partial charge in [-0.2, -0.15) is 0 Å². The Bertz CT molecular complexity index is 600. The van der Waals surface area contributed by atoms with E-state index >= 15 is 0 Å². The van der Waals surface area contributed by atoms with Gasteiger partial charge in [-0.25, -0.2) is 10.2 Å². The first kappa shape index (κ1) is 14.7. The quantitative estimate of drug-likeness (QED) is 0.827. The second kappa shape index (κ2) is 7.19. The Balaban J connectivity index is 2.20. The molecule has 21 heavy (non-hydrogen) atoms. The van der Waals surface area contributed by atoms with Crippen LogP contribution in [0, 0.1) is 0 Å². The van der Waals surface area contributed by atoms with Crippen LogP contribution in [0.4, 0.5) is 10.5 Å². The molecule has 0 bridgehead atoms. The van der Waals surface area contributed by atoms with E-state index in [4.69, 9.17) is 9.47 Å². The molecule has 2 aromatic carbocycles.